The first-order valence-corrected chi connectivity index (χ1v) is 6.31. The highest BCUT2D eigenvalue weighted by Gasteiger charge is 2.13. The Morgan fingerprint density at radius 2 is 2.28 bits per heavy atom. The van der Waals surface area contributed by atoms with E-state index < -0.39 is 0 Å². The van der Waals surface area contributed by atoms with Gasteiger partial charge in [0.05, 0.1) is 0 Å². The van der Waals surface area contributed by atoms with E-state index in [1.165, 1.54) is 11.3 Å². The predicted molar refractivity (Wildman–Crippen MR) is 71.0 cm³/mol. The zero-order valence-corrected chi connectivity index (χ0v) is 10.5. The maximum atomic E-state index is 11.9. The minimum atomic E-state index is -0.279. The van der Waals surface area contributed by atoms with Gasteiger partial charge in [-0.25, -0.2) is 4.98 Å². The molecule has 18 heavy (non-hydrogen) atoms. The number of furan rings is 1. The summed E-state index contributed by atoms with van der Waals surface area (Å²) in [7, 11) is 0. The summed E-state index contributed by atoms with van der Waals surface area (Å²) in [4.78, 5) is 15.9. The van der Waals surface area contributed by atoms with Gasteiger partial charge < -0.3 is 4.42 Å². The quantitative estimate of drug-likeness (QED) is 0.766. The molecule has 0 saturated carbocycles. The second kappa shape index (κ2) is 4.27. The first-order valence-electron chi connectivity index (χ1n) is 5.43. The second-order valence-electron chi connectivity index (χ2n) is 3.94. The molecule has 5 heteroatoms. The van der Waals surface area contributed by atoms with Crippen molar-refractivity contribution in [1.82, 2.24) is 4.98 Å². The van der Waals surface area contributed by atoms with Crippen LogP contribution in [0, 0.1) is 6.92 Å². The highest BCUT2D eigenvalue weighted by molar-refractivity contribution is 7.13. The van der Waals surface area contributed by atoms with E-state index in [0.717, 1.165) is 10.9 Å². The van der Waals surface area contributed by atoms with Gasteiger partial charge in [-0.1, -0.05) is 11.6 Å². The highest BCUT2D eigenvalue weighted by atomic mass is 32.1. The summed E-state index contributed by atoms with van der Waals surface area (Å²) < 4.78 is 5.50. The van der Waals surface area contributed by atoms with E-state index in [1.807, 2.05) is 25.1 Å². The van der Waals surface area contributed by atoms with E-state index in [1.54, 1.807) is 17.6 Å². The van der Waals surface area contributed by atoms with Crippen LogP contribution in [-0.2, 0) is 0 Å². The number of hydrogen-bond donors (Lipinski definition) is 1. The molecule has 3 rings (SSSR count). The first kappa shape index (κ1) is 11.0. The van der Waals surface area contributed by atoms with Crippen LogP contribution in [-0.4, -0.2) is 10.9 Å². The van der Waals surface area contributed by atoms with Crippen LogP contribution in [0.2, 0.25) is 0 Å². The van der Waals surface area contributed by atoms with E-state index in [-0.39, 0.29) is 5.91 Å². The molecule has 0 radical (unpaired) electrons. The van der Waals surface area contributed by atoms with Gasteiger partial charge in [0.25, 0.3) is 5.91 Å². The zero-order chi connectivity index (χ0) is 12.5. The number of benzene rings is 1. The maximum absolute atomic E-state index is 11.9. The maximum Gasteiger partial charge on any atom is 0.293 e. The summed E-state index contributed by atoms with van der Waals surface area (Å²) in [5, 5.41) is 5.99. The molecule has 3 aromatic rings. The number of aromatic nitrogens is 1. The molecule has 1 aromatic carbocycles. The lowest BCUT2D eigenvalue weighted by Crippen LogP contribution is -2.10. The van der Waals surface area contributed by atoms with Gasteiger partial charge in [-0.3, -0.25) is 10.1 Å². The first-order chi connectivity index (χ1) is 8.72. The number of nitrogens with zero attached hydrogens (tertiary/aromatic N) is 1. The van der Waals surface area contributed by atoms with Crippen LogP contribution >= 0.6 is 11.3 Å². The Kier molecular flexibility index (Phi) is 2.60. The van der Waals surface area contributed by atoms with E-state index >= 15 is 0 Å². The van der Waals surface area contributed by atoms with Gasteiger partial charge in [0.2, 0.25) is 0 Å². The largest absolute Gasteiger partial charge is 0.451 e. The third kappa shape index (κ3) is 2.00. The van der Waals surface area contributed by atoms with Crippen LogP contribution < -0.4 is 5.32 Å². The monoisotopic (exact) mass is 258 g/mol. The number of carbonyl (C=O) groups is 1. The SMILES string of the molecule is Cc1ccc2oc(C(=O)Nc3nccs3)cc2c1. The summed E-state index contributed by atoms with van der Waals surface area (Å²) in [5.74, 6) is 0.0182. The number of rotatable bonds is 2. The Bertz CT molecular complexity index is 701. The molecule has 0 aliphatic rings. The molecule has 1 N–H and O–H groups in total. The molecule has 2 aromatic heterocycles. The third-order valence-electron chi connectivity index (χ3n) is 2.55. The molecular formula is C13H10N2O2S. The van der Waals surface area contributed by atoms with Crippen LogP contribution in [0.25, 0.3) is 11.0 Å². The van der Waals surface area contributed by atoms with Crippen molar-refractivity contribution >= 4 is 33.3 Å². The fourth-order valence-electron chi connectivity index (χ4n) is 1.72. The van der Waals surface area contributed by atoms with E-state index in [4.69, 9.17) is 4.42 Å². The van der Waals surface area contributed by atoms with Gasteiger partial charge in [-0.2, -0.15) is 0 Å². The summed E-state index contributed by atoms with van der Waals surface area (Å²) in [6, 6.07) is 7.55. The van der Waals surface area contributed by atoms with Crippen molar-refractivity contribution in [3.05, 3.63) is 47.2 Å². The molecule has 2 heterocycles. The van der Waals surface area contributed by atoms with Gasteiger partial charge in [0.1, 0.15) is 5.58 Å². The minimum absolute atomic E-state index is 0.279. The lowest BCUT2D eigenvalue weighted by Gasteiger charge is -1.96. The standard InChI is InChI=1S/C13H10N2O2S/c1-8-2-3-10-9(6-8)7-11(17-10)12(16)15-13-14-4-5-18-13/h2-7H,1H3,(H,14,15,16). The number of thiazole rings is 1. The fraction of sp³-hybridized carbons (Fsp3) is 0.0769. The third-order valence-corrected chi connectivity index (χ3v) is 3.24. The number of amides is 1. The van der Waals surface area contributed by atoms with Gasteiger partial charge in [0.15, 0.2) is 10.9 Å². The number of carbonyl (C=O) groups excluding carboxylic acids is 1. The second-order valence-corrected chi connectivity index (χ2v) is 4.84. The normalized spacial score (nSPS) is 10.7. The number of nitrogens with one attached hydrogen (secondary N) is 1. The molecule has 0 aliphatic heterocycles. The Labute approximate surface area is 107 Å². The van der Waals surface area contributed by atoms with Crippen LogP contribution in [0.4, 0.5) is 5.13 Å². The smallest absolute Gasteiger partial charge is 0.293 e. The molecule has 0 fully saturated rings. The summed E-state index contributed by atoms with van der Waals surface area (Å²) in [6.45, 7) is 2.00. The Hall–Kier alpha value is -2.14. The van der Waals surface area contributed by atoms with Crippen LogP contribution in [0.1, 0.15) is 16.1 Å². The molecule has 1 amide bonds. The van der Waals surface area contributed by atoms with Crippen LogP contribution in [0.15, 0.2) is 40.3 Å². The van der Waals surface area contributed by atoms with Crippen molar-refractivity contribution in [2.45, 2.75) is 6.92 Å². The van der Waals surface area contributed by atoms with Crippen LogP contribution in [0.3, 0.4) is 0 Å². The van der Waals surface area contributed by atoms with Crippen molar-refractivity contribution < 1.29 is 9.21 Å². The molecule has 0 aliphatic carbocycles. The summed E-state index contributed by atoms with van der Waals surface area (Å²) in [5.41, 5.74) is 1.85. The lowest BCUT2D eigenvalue weighted by atomic mass is 10.2. The molecule has 4 nitrogen and oxygen atoms in total. The molecule has 0 bridgehead atoms. The van der Waals surface area contributed by atoms with Gasteiger partial charge in [-0.05, 0) is 25.1 Å². The van der Waals surface area contributed by atoms with Gasteiger partial charge in [-0.15, -0.1) is 11.3 Å². The highest BCUT2D eigenvalue weighted by Crippen LogP contribution is 2.21. The topological polar surface area (TPSA) is 55.1 Å². The molecule has 90 valence electrons. The summed E-state index contributed by atoms with van der Waals surface area (Å²) in [6.07, 6.45) is 1.64. The van der Waals surface area contributed by atoms with Gasteiger partial charge in [0, 0.05) is 17.0 Å². The average Bonchev–Trinajstić information content (AvgIpc) is 2.96. The predicted octanol–water partition coefficient (Wildman–Crippen LogP) is 3.45. The molecule has 0 saturated heterocycles. The average molecular weight is 258 g/mol. The molecular weight excluding hydrogens is 248 g/mol. The molecule has 0 atom stereocenters. The minimum Gasteiger partial charge on any atom is -0.451 e. The Morgan fingerprint density at radius 1 is 1.39 bits per heavy atom. The van der Waals surface area contributed by atoms with Gasteiger partial charge >= 0.3 is 0 Å². The Balaban J connectivity index is 1.92. The van der Waals surface area contributed by atoms with Crippen molar-refractivity contribution in [2.75, 3.05) is 5.32 Å². The number of anilines is 1. The number of hydrogen-bond acceptors (Lipinski definition) is 4. The Morgan fingerprint density at radius 3 is 3.06 bits per heavy atom. The van der Waals surface area contributed by atoms with Crippen molar-refractivity contribution in [3.63, 3.8) is 0 Å². The number of fused-ring (bicyclic) bond motifs is 1. The fourth-order valence-corrected chi connectivity index (χ4v) is 2.24. The van der Waals surface area contributed by atoms with Crippen molar-refractivity contribution in [1.29, 1.82) is 0 Å². The summed E-state index contributed by atoms with van der Waals surface area (Å²) >= 11 is 1.37. The van der Waals surface area contributed by atoms with Crippen molar-refractivity contribution in [3.8, 4) is 0 Å². The lowest BCUT2D eigenvalue weighted by molar-refractivity contribution is 0.0998. The zero-order valence-electron chi connectivity index (χ0n) is 9.64. The molecule has 0 unspecified atom stereocenters. The van der Waals surface area contributed by atoms with E-state index in [2.05, 4.69) is 10.3 Å². The van der Waals surface area contributed by atoms with E-state index in [9.17, 15) is 4.79 Å². The number of aryl methyl sites for hydroxylation is 1. The van der Waals surface area contributed by atoms with E-state index in [0.29, 0.717) is 16.5 Å². The molecule has 0 spiro atoms. The van der Waals surface area contributed by atoms with Crippen LogP contribution in [0.5, 0.6) is 0 Å². The van der Waals surface area contributed by atoms with Crippen molar-refractivity contribution in [2.24, 2.45) is 0 Å².